The van der Waals surface area contributed by atoms with Crippen LogP contribution in [0.2, 0.25) is 0 Å². The summed E-state index contributed by atoms with van der Waals surface area (Å²) in [5.74, 6) is 1.38. The SMILES string of the molecule is Cc1ncc2ccc(C(C)C)cc2n1. The summed E-state index contributed by atoms with van der Waals surface area (Å²) in [5, 5.41) is 1.11. The van der Waals surface area contributed by atoms with Crippen LogP contribution in [-0.4, -0.2) is 9.97 Å². The molecule has 0 bridgehead atoms. The van der Waals surface area contributed by atoms with Gasteiger partial charge in [-0.1, -0.05) is 26.0 Å². The van der Waals surface area contributed by atoms with Gasteiger partial charge in [0.2, 0.25) is 0 Å². The van der Waals surface area contributed by atoms with Gasteiger partial charge >= 0.3 is 0 Å². The van der Waals surface area contributed by atoms with Crippen LogP contribution in [0, 0.1) is 6.92 Å². The van der Waals surface area contributed by atoms with E-state index >= 15 is 0 Å². The van der Waals surface area contributed by atoms with Crippen LogP contribution in [0.25, 0.3) is 10.9 Å². The van der Waals surface area contributed by atoms with Crippen LogP contribution in [0.5, 0.6) is 0 Å². The number of nitrogens with zero attached hydrogens (tertiary/aromatic N) is 2. The van der Waals surface area contributed by atoms with Gasteiger partial charge in [0.05, 0.1) is 5.52 Å². The molecule has 2 rings (SSSR count). The monoisotopic (exact) mass is 186 g/mol. The van der Waals surface area contributed by atoms with E-state index in [1.54, 1.807) is 0 Å². The van der Waals surface area contributed by atoms with E-state index in [0.717, 1.165) is 16.7 Å². The maximum atomic E-state index is 4.41. The molecule has 1 aromatic carbocycles. The zero-order valence-electron chi connectivity index (χ0n) is 8.78. The van der Waals surface area contributed by atoms with Crippen LogP contribution < -0.4 is 0 Å². The van der Waals surface area contributed by atoms with Crippen LogP contribution >= 0.6 is 0 Å². The quantitative estimate of drug-likeness (QED) is 0.684. The standard InChI is InChI=1S/C12H14N2/c1-8(2)10-4-5-11-7-13-9(3)14-12(11)6-10/h4-8H,1-3H3. The fourth-order valence-electron chi connectivity index (χ4n) is 1.49. The van der Waals surface area contributed by atoms with Crippen molar-refractivity contribution >= 4 is 10.9 Å². The third-order valence-corrected chi connectivity index (χ3v) is 2.39. The average Bonchev–Trinajstić information content (AvgIpc) is 2.16. The fraction of sp³-hybridized carbons (Fsp3) is 0.333. The summed E-state index contributed by atoms with van der Waals surface area (Å²) >= 11 is 0. The molecule has 0 aliphatic heterocycles. The second kappa shape index (κ2) is 3.37. The molecule has 0 atom stereocenters. The molecule has 2 aromatic rings. The minimum Gasteiger partial charge on any atom is -0.241 e. The van der Waals surface area contributed by atoms with Crippen molar-refractivity contribution in [1.29, 1.82) is 0 Å². The molecule has 2 nitrogen and oxygen atoms in total. The summed E-state index contributed by atoms with van der Waals surface area (Å²) in [6.45, 7) is 6.30. The summed E-state index contributed by atoms with van der Waals surface area (Å²) in [7, 11) is 0. The maximum absolute atomic E-state index is 4.41. The summed E-state index contributed by atoms with van der Waals surface area (Å²) in [5.41, 5.74) is 2.37. The van der Waals surface area contributed by atoms with Gasteiger partial charge in [0.25, 0.3) is 0 Å². The Morgan fingerprint density at radius 1 is 1.21 bits per heavy atom. The van der Waals surface area contributed by atoms with Gasteiger partial charge in [0, 0.05) is 11.6 Å². The topological polar surface area (TPSA) is 25.8 Å². The first-order valence-corrected chi connectivity index (χ1v) is 4.90. The lowest BCUT2D eigenvalue weighted by Gasteiger charge is -2.06. The Morgan fingerprint density at radius 2 is 2.00 bits per heavy atom. The van der Waals surface area contributed by atoms with Gasteiger partial charge in [-0.25, -0.2) is 9.97 Å². The highest BCUT2D eigenvalue weighted by molar-refractivity contribution is 5.78. The van der Waals surface area contributed by atoms with Gasteiger partial charge in [-0.05, 0) is 24.5 Å². The third kappa shape index (κ3) is 1.60. The second-order valence-corrected chi connectivity index (χ2v) is 3.89. The number of aryl methyl sites for hydroxylation is 1. The van der Waals surface area contributed by atoms with Gasteiger partial charge < -0.3 is 0 Å². The molecule has 1 aromatic heterocycles. The Morgan fingerprint density at radius 3 is 2.71 bits per heavy atom. The first-order valence-electron chi connectivity index (χ1n) is 4.90. The Labute approximate surface area is 84.0 Å². The lowest BCUT2D eigenvalue weighted by Crippen LogP contribution is -1.91. The highest BCUT2D eigenvalue weighted by Crippen LogP contribution is 2.19. The first kappa shape index (κ1) is 9.13. The maximum Gasteiger partial charge on any atom is 0.125 e. The Hall–Kier alpha value is -1.44. The molecule has 0 radical (unpaired) electrons. The van der Waals surface area contributed by atoms with Crippen molar-refractivity contribution in [2.45, 2.75) is 26.7 Å². The van der Waals surface area contributed by atoms with E-state index in [1.807, 2.05) is 13.1 Å². The number of fused-ring (bicyclic) bond motifs is 1. The normalized spacial score (nSPS) is 11.1. The van der Waals surface area contributed by atoms with E-state index in [-0.39, 0.29) is 0 Å². The molecule has 0 spiro atoms. The van der Waals surface area contributed by atoms with Crippen LogP contribution in [0.4, 0.5) is 0 Å². The summed E-state index contributed by atoms with van der Waals surface area (Å²) in [6, 6.07) is 6.38. The molecule has 0 amide bonds. The summed E-state index contributed by atoms with van der Waals surface area (Å²) < 4.78 is 0. The van der Waals surface area contributed by atoms with Crippen molar-refractivity contribution in [2.24, 2.45) is 0 Å². The molecule has 1 heterocycles. The Bertz CT molecular complexity index is 461. The minimum absolute atomic E-state index is 0.551. The van der Waals surface area contributed by atoms with Crippen molar-refractivity contribution in [3.63, 3.8) is 0 Å². The highest BCUT2D eigenvalue weighted by atomic mass is 14.9. The number of hydrogen-bond acceptors (Lipinski definition) is 2. The van der Waals surface area contributed by atoms with E-state index in [2.05, 4.69) is 42.0 Å². The third-order valence-electron chi connectivity index (χ3n) is 2.39. The zero-order valence-corrected chi connectivity index (χ0v) is 8.78. The number of rotatable bonds is 1. The molecule has 2 heteroatoms. The molecule has 0 N–H and O–H groups in total. The molecule has 0 aliphatic rings. The molecular formula is C12H14N2. The predicted octanol–water partition coefficient (Wildman–Crippen LogP) is 3.06. The van der Waals surface area contributed by atoms with Crippen molar-refractivity contribution in [3.8, 4) is 0 Å². The summed E-state index contributed by atoms with van der Waals surface area (Å²) in [4.78, 5) is 8.58. The predicted molar refractivity (Wildman–Crippen MR) is 58.4 cm³/mol. The van der Waals surface area contributed by atoms with E-state index in [1.165, 1.54) is 5.56 Å². The van der Waals surface area contributed by atoms with Gasteiger partial charge in [-0.2, -0.15) is 0 Å². The Balaban J connectivity index is 2.63. The van der Waals surface area contributed by atoms with Crippen molar-refractivity contribution in [1.82, 2.24) is 9.97 Å². The molecule has 0 aliphatic carbocycles. The van der Waals surface area contributed by atoms with E-state index in [0.29, 0.717) is 5.92 Å². The Kier molecular flexibility index (Phi) is 2.20. The fourth-order valence-corrected chi connectivity index (χ4v) is 1.49. The molecule has 0 fully saturated rings. The number of benzene rings is 1. The van der Waals surface area contributed by atoms with Gasteiger partial charge in [0.1, 0.15) is 5.82 Å². The smallest absolute Gasteiger partial charge is 0.125 e. The highest BCUT2D eigenvalue weighted by Gasteiger charge is 2.01. The number of hydrogen-bond donors (Lipinski definition) is 0. The number of aromatic nitrogens is 2. The van der Waals surface area contributed by atoms with E-state index < -0.39 is 0 Å². The van der Waals surface area contributed by atoms with Crippen LogP contribution in [0.3, 0.4) is 0 Å². The first-order chi connectivity index (χ1) is 6.66. The van der Waals surface area contributed by atoms with Gasteiger partial charge in [0.15, 0.2) is 0 Å². The van der Waals surface area contributed by atoms with Crippen molar-refractivity contribution < 1.29 is 0 Å². The minimum atomic E-state index is 0.551. The van der Waals surface area contributed by atoms with Crippen LogP contribution in [0.1, 0.15) is 31.2 Å². The molecule has 14 heavy (non-hydrogen) atoms. The van der Waals surface area contributed by atoms with Crippen molar-refractivity contribution in [2.75, 3.05) is 0 Å². The van der Waals surface area contributed by atoms with Crippen molar-refractivity contribution in [3.05, 3.63) is 35.8 Å². The zero-order chi connectivity index (χ0) is 10.1. The van der Waals surface area contributed by atoms with Crippen LogP contribution in [-0.2, 0) is 0 Å². The molecular weight excluding hydrogens is 172 g/mol. The average molecular weight is 186 g/mol. The largest absolute Gasteiger partial charge is 0.241 e. The molecule has 0 saturated heterocycles. The van der Waals surface area contributed by atoms with Crippen LogP contribution in [0.15, 0.2) is 24.4 Å². The van der Waals surface area contributed by atoms with E-state index in [9.17, 15) is 0 Å². The molecule has 0 unspecified atom stereocenters. The lowest BCUT2D eigenvalue weighted by molar-refractivity contribution is 0.867. The van der Waals surface area contributed by atoms with Gasteiger partial charge in [-0.3, -0.25) is 0 Å². The second-order valence-electron chi connectivity index (χ2n) is 3.89. The lowest BCUT2D eigenvalue weighted by atomic mass is 10.0. The van der Waals surface area contributed by atoms with E-state index in [4.69, 9.17) is 0 Å². The van der Waals surface area contributed by atoms with Gasteiger partial charge in [-0.15, -0.1) is 0 Å². The summed E-state index contributed by atoms with van der Waals surface area (Å²) in [6.07, 6.45) is 1.88. The molecule has 72 valence electrons. The molecule has 0 saturated carbocycles.